The molecular formula is C15H26N2O4S. The molecule has 0 aromatic rings. The van der Waals surface area contributed by atoms with Crippen LogP contribution in [0.5, 0.6) is 0 Å². The first-order valence-corrected chi connectivity index (χ1v) is 8.37. The SMILES string of the molecule is CCC(=O)SC1(NC(=O)OC(C)(C)C)CCN(C(C)=O)CC1. The second-order valence-corrected chi connectivity index (χ2v) is 7.90. The van der Waals surface area contributed by atoms with Gasteiger partial charge in [0.25, 0.3) is 0 Å². The van der Waals surface area contributed by atoms with Gasteiger partial charge < -0.3 is 15.0 Å². The van der Waals surface area contributed by atoms with Gasteiger partial charge in [-0.05, 0) is 33.6 Å². The van der Waals surface area contributed by atoms with Crippen molar-refractivity contribution >= 4 is 28.9 Å². The number of alkyl carbamates (subject to hydrolysis) is 1. The number of rotatable bonds is 3. The largest absolute Gasteiger partial charge is 0.444 e. The molecule has 0 bridgehead atoms. The Morgan fingerprint density at radius 2 is 1.77 bits per heavy atom. The van der Waals surface area contributed by atoms with Gasteiger partial charge in [0.05, 0.1) is 4.87 Å². The number of hydrogen-bond donors (Lipinski definition) is 1. The van der Waals surface area contributed by atoms with Gasteiger partial charge in [-0.1, -0.05) is 18.7 Å². The lowest BCUT2D eigenvalue weighted by Gasteiger charge is -2.41. The zero-order chi connectivity index (χ0) is 17.0. The standard InChI is InChI=1S/C15H26N2O4S/c1-6-12(19)22-15(16-13(20)21-14(3,4)5)7-9-17(10-8-15)11(2)18/h6-10H2,1-5H3,(H,16,20). The molecule has 0 aromatic heterocycles. The predicted molar refractivity (Wildman–Crippen MR) is 86.5 cm³/mol. The van der Waals surface area contributed by atoms with E-state index in [0.717, 1.165) is 11.8 Å². The molecule has 1 aliphatic rings. The highest BCUT2D eigenvalue weighted by atomic mass is 32.2. The summed E-state index contributed by atoms with van der Waals surface area (Å²) in [5.41, 5.74) is -0.592. The van der Waals surface area contributed by atoms with Crippen LogP contribution in [-0.4, -0.2) is 45.6 Å². The van der Waals surface area contributed by atoms with Crippen molar-refractivity contribution in [1.29, 1.82) is 0 Å². The molecule has 6 nitrogen and oxygen atoms in total. The third-order valence-corrected chi connectivity index (χ3v) is 4.76. The van der Waals surface area contributed by atoms with Crippen molar-refractivity contribution in [2.45, 2.75) is 64.4 Å². The topological polar surface area (TPSA) is 75.7 Å². The first-order chi connectivity index (χ1) is 10.1. The molecule has 22 heavy (non-hydrogen) atoms. The molecule has 1 aliphatic heterocycles. The third kappa shape index (κ3) is 5.87. The fourth-order valence-corrected chi connectivity index (χ4v) is 3.32. The van der Waals surface area contributed by atoms with Crippen molar-refractivity contribution in [3.63, 3.8) is 0 Å². The van der Waals surface area contributed by atoms with Gasteiger partial charge in [0.15, 0.2) is 5.12 Å². The molecule has 2 amide bonds. The number of carbonyl (C=O) groups excluding carboxylic acids is 3. The molecule has 1 heterocycles. The van der Waals surface area contributed by atoms with Gasteiger partial charge >= 0.3 is 6.09 Å². The highest BCUT2D eigenvalue weighted by molar-refractivity contribution is 8.14. The lowest BCUT2D eigenvalue weighted by atomic mass is 10.0. The fraction of sp³-hybridized carbons (Fsp3) is 0.800. The Balaban J connectivity index is 2.78. The first kappa shape index (κ1) is 18.8. The summed E-state index contributed by atoms with van der Waals surface area (Å²) < 4.78 is 5.30. The van der Waals surface area contributed by atoms with Crippen molar-refractivity contribution in [3.05, 3.63) is 0 Å². The Morgan fingerprint density at radius 3 is 2.18 bits per heavy atom. The second kappa shape index (κ2) is 7.35. The van der Waals surface area contributed by atoms with E-state index in [1.807, 2.05) is 0 Å². The van der Waals surface area contributed by atoms with Crippen molar-refractivity contribution in [1.82, 2.24) is 10.2 Å². The molecule has 1 rings (SSSR count). The van der Waals surface area contributed by atoms with E-state index in [4.69, 9.17) is 4.74 Å². The summed E-state index contributed by atoms with van der Waals surface area (Å²) in [6, 6.07) is 0. The Kier molecular flexibility index (Phi) is 6.28. The molecule has 1 saturated heterocycles. The normalized spacial score (nSPS) is 17.8. The van der Waals surface area contributed by atoms with E-state index in [-0.39, 0.29) is 11.0 Å². The van der Waals surface area contributed by atoms with E-state index in [9.17, 15) is 14.4 Å². The molecule has 0 unspecified atom stereocenters. The molecule has 1 N–H and O–H groups in total. The van der Waals surface area contributed by atoms with Gasteiger partial charge in [0, 0.05) is 26.4 Å². The third-order valence-electron chi connectivity index (χ3n) is 3.34. The number of amides is 2. The van der Waals surface area contributed by atoms with E-state index < -0.39 is 16.6 Å². The highest BCUT2D eigenvalue weighted by Gasteiger charge is 2.40. The van der Waals surface area contributed by atoms with Crippen LogP contribution in [0.25, 0.3) is 0 Å². The minimum Gasteiger partial charge on any atom is -0.444 e. The molecule has 0 spiro atoms. The summed E-state index contributed by atoms with van der Waals surface area (Å²) in [7, 11) is 0. The maximum atomic E-state index is 12.1. The zero-order valence-corrected chi connectivity index (χ0v) is 14.8. The van der Waals surface area contributed by atoms with Crippen LogP contribution in [-0.2, 0) is 14.3 Å². The van der Waals surface area contributed by atoms with E-state index in [1.165, 1.54) is 6.92 Å². The van der Waals surface area contributed by atoms with Gasteiger partial charge in [-0.3, -0.25) is 9.59 Å². The molecular weight excluding hydrogens is 304 g/mol. The van der Waals surface area contributed by atoms with E-state index >= 15 is 0 Å². The molecule has 0 saturated carbocycles. The number of thioether (sulfide) groups is 1. The van der Waals surface area contributed by atoms with Crippen LogP contribution in [0.15, 0.2) is 0 Å². The van der Waals surface area contributed by atoms with Gasteiger partial charge in [0.1, 0.15) is 5.60 Å². The van der Waals surface area contributed by atoms with Crippen LogP contribution < -0.4 is 5.32 Å². The number of nitrogens with one attached hydrogen (secondary N) is 1. The molecule has 0 atom stereocenters. The molecule has 126 valence electrons. The predicted octanol–water partition coefficient (Wildman–Crippen LogP) is 2.52. The van der Waals surface area contributed by atoms with Gasteiger partial charge in [-0.15, -0.1) is 0 Å². The Labute approximate surface area is 136 Å². The van der Waals surface area contributed by atoms with E-state index in [0.29, 0.717) is 32.4 Å². The van der Waals surface area contributed by atoms with Crippen molar-refractivity contribution in [2.24, 2.45) is 0 Å². The van der Waals surface area contributed by atoms with Crippen molar-refractivity contribution in [2.75, 3.05) is 13.1 Å². The molecule has 0 aromatic carbocycles. The summed E-state index contributed by atoms with van der Waals surface area (Å²) in [5.74, 6) is 0.0117. The summed E-state index contributed by atoms with van der Waals surface area (Å²) in [4.78, 5) is 36.4. The number of hydrogen-bond acceptors (Lipinski definition) is 5. The average molecular weight is 330 g/mol. The van der Waals surface area contributed by atoms with E-state index in [2.05, 4.69) is 5.32 Å². The van der Waals surface area contributed by atoms with Crippen LogP contribution in [0.2, 0.25) is 0 Å². The minimum absolute atomic E-state index is 0.0117. The second-order valence-electron chi connectivity index (χ2n) is 6.45. The monoisotopic (exact) mass is 330 g/mol. The minimum atomic E-state index is -0.693. The zero-order valence-electron chi connectivity index (χ0n) is 14.0. The number of carbonyl (C=O) groups is 3. The van der Waals surface area contributed by atoms with E-state index in [1.54, 1.807) is 32.6 Å². The van der Waals surface area contributed by atoms with Crippen molar-refractivity contribution < 1.29 is 19.1 Å². The van der Waals surface area contributed by atoms with Crippen LogP contribution in [0.1, 0.15) is 53.9 Å². The number of nitrogens with zero attached hydrogens (tertiary/aromatic N) is 1. The average Bonchev–Trinajstić information content (AvgIpc) is 2.36. The van der Waals surface area contributed by atoms with Crippen LogP contribution in [0, 0.1) is 0 Å². The maximum Gasteiger partial charge on any atom is 0.408 e. The Morgan fingerprint density at radius 1 is 1.23 bits per heavy atom. The molecule has 0 radical (unpaired) electrons. The van der Waals surface area contributed by atoms with Crippen LogP contribution in [0.3, 0.4) is 0 Å². The fourth-order valence-electron chi connectivity index (χ4n) is 2.22. The summed E-state index contributed by atoms with van der Waals surface area (Å²) in [6.45, 7) is 9.75. The lowest BCUT2D eigenvalue weighted by molar-refractivity contribution is -0.130. The first-order valence-electron chi connectivity index (χ1n) is 7.55. The lowest BCUT2D eigenvalue weighted by Crippen LogP contribution is -2.55. The molecule has 1 fully saturated rings. The van der Waals surface area contributed by atoms with Gasteiger partial charge in [-0.2, -0.15) is 0 Å². The number of likely N-dealkylation sites (tertiary alicyclic amines) is 1. The summed E-state index contributed by atoms with van der Waals surface area (Å²) in [6.07, 6.45) is 0.934. The van der Waals surface area contributed by atoms with Crippen molar-refractivity contribution in [3.8, 4) is 0 Å². The summed E-state index contributed by atoms with van der Waals surface area (Å²) >= 11 is 1.15. The maximum absolute atomic E-state index is 12.1. The smallest absolute Gasteiger partial charge is 0.408 e. The van der Waals surface area contributed by atoms with Crippen LogP contribution in [0.4, 0.5) is 4.79 Å². The summed E-state index contributed by atoms with van der Waals surface area (Å²) in [5, 5.41) is 2.88. The van der Waals surface area contributed by atoms with Crippen LogP contribution >= 0.6 is 11.8 Å². The van der Waals surface area contributed by atoms with Gasteiger partial charge in [-0.25, -0.2) is 4.79 Å². The molecule has 7 heteroatoms. The highest BCUT2D eigenvalue weighted by Crippen LogP contribution is 2.35. The Hall–Kier alpha value is -1.24. The van der Waals surface area contributed by atoms with Gasteiger partial charge in [0.2, 0.25) is 5.91 Å². The molecule has 0 aliphatic carbocycles. The number of piperidine rings is 1. The number of ether oxygens (including phenoxy) is 1. The quantitative estimate of drug-likeness (QED) is 0.805. The Bertz CT molecular complexity index is 437.